The van der Waals surface area contributed by atoms with Crippen molar-refractivity contribution in [1.29, 1.82) is 0 Å². The summed E-state index contributed by atoms with van der Waals surface area (Å²) in [5, 5.41) is 0. The first-order valence-electron chi connectivity index (χ1n) is 9.31. The van der Waals surface area contributed by atoms with Crippen LogP contribution >= 0.6 is 0 Å². The van der Waals surface area contributed by atoms with Gasteiger partial charge < -0.3 is 19.1 Å². The van der Waals surface area contributed by atoms with E-state index < -0.39 is 0 Å². The molecule has 0 spiro atoms. The normalized spacial score (nSPS) is 23.7. The van der Waals surface area contributed by atoms with Crippen LogP contribution in [0, 0.1) is 0 Å². The number of hydrogen-bond donors (Lipinski definition) is 0. The van der Waals surface area contributed by atoms with Crippen molar-refractivity contribution in [3.05, 3.63) is 23.8 Å². The molecule has 0 saturated carbocycles. The maximum Gasteiger partial charge on any atom is 0.224 e. The van der Waals surface area contributed by atoms with Gasteiger partial charge in [0, 0.05) is 37.7 Å². The summed E-state index contributed by atoms with van der Waals surface area (Å²) in [4.78, 5) is 16.8. The third-order valence-corrected chi connectivity index (χ3v) is 5.30. The zero-order valence-corrected chi connectivity index (χ0v) is 14.6. The molecule has 4 rings (SSSR count). The number of likely N-dealkylation sites (tertiary alicyclic amines) is 1. The van der Waals surface area contributed by atoms with Gasteiger partial charge in [-0.15, -0.1) is 0 Å². The molecule has 1 aromatic rings. The van der Waals surface area contributed by atoms with E-state index in [1.165, 1.54) is 5.56 Å². The molecular formula is C19H26N2O4. The number of para-hydroxylation sites is 1. The van der Waals surface area contributed by atoms with Gasteiger partial charge in [0.2, 0.25) is 5.91 Å². The second-order valence-electron chi connectivity index (χ2n) is 6.81. The first kappa shape index (κ1) is 16.7. The van der Waals surface area contributed by atoms with E-state index in [1.807, 2.05) is 17.0 Å². The van der Waals surface area contributed by atoms with Crippen molar-refractivity contribution in [2.45, 2.75) is 25.3 Å². The van der Waals surface area contributed by atoms with Crippen LogP contribution in [0.2, 0.25) is 0 Å². The molecule has 25 heavy (non-hydrogen) atoms. The van der Waals surface area contributed by atoms with Gasteiger partial charge in [0.1, 0.15) is 13.2 Å². The van der Waals surface area contributed by atoms with E-state index in [-0.39, 0.29) is 5.91 Å². The SMILES string of the molecule is O=C(CCN1CCC[C@@H]1c1cccc2c1OCCO2)N1CCOCC1. The molecule has 0 aromatic heterocycles. The van der Waals surface area contributed by atoms with Crippen molar-refractivity contribution in [2.24, 2.45) is 0 Å². The average molecular weight is 346 g/mol. The molecular weight excluding hydrogens is 320 g/mol. The van der Waals surface area contributed by atoms with Crippen LogP contribution in [-0.2, 0) is 9.53 Å². The quantitative estimate of drug-likeness (QED) is 0.833. The average Bonchev–Trinajstić information content (AvgIpc) is 3.14. The van der Waals surface area contributed by atoms with Gasteiger partial charge in [-0.1, -0.05) is 12.1 Å². The molecule has 2 saturated heterocycles. The lowest BCUT2D eigenvalue weighted by atomic mass is 10.0. The Morgan fingerprint density at radius 2 is 1.92 bits per heavy atom. The molecule has 1 aromatic carbocycles. The summed E-state index contributed by atoms with van der Waals surface area (Å²) in [6.07, 6.45) is 2.83. The first-order valence-corrected chi connectivity index (χ1v) is 9.31. The topological polar surface area (TPSA) is 51.2 Å². The lowest BCUT2D eigenvalue weighted by molar-refractivity contribution is -0.135. The highest BCUT2D eigenvalue weighted by Crippen LogP contribution is 2.42. The van der Waals surface area contributed by atoms with Gasteiger partial charge in [0.25, 0.3) is 0 Å². The number of hydrogen-bond acceptors (Lipinski definition) is 5. The van der Waals surface area contributed by atoms with E-state index in [0.717, 1.165) is 50.5 Å². The molecule has 0 N–H and O–H groups in total. The van der Waals surface area contributed by atoms with Gasteiger partial charge in [-0.3, -0.25) is 9.69 Å². The van der Waals surface area contributed by atoms with Crippen molar-refractivity contribution in [2.75, 3.05) is 52.6 Å². The van der Waals surface area contributed by atoms with Crippen molar-refractivity contribution in [3.8, 4) is 11.5 Å². The number of ether oxygens (including phenoxy) is 3. The van der Waals surface area contributed by atoms with Crippen LogP contribution in [0.15, 0.2) is 18.2 Å². The number of morpholine rings is 1. The number of carbonyl (C=O) groups excluding carboxylic acids is 1. The predicted octanol–water partition coefficient (Wildman–Crippen LogP) is 1.84. The largest absolute Gasteiger partial charge is 0.486 e. The molecule has 0 aliphatic carbocycles. The number of rotatable bonds is 4. The Morgan fingerprint density at radius 1 is 1.08 bits per heavy atom. The van der Waals surface area contributed by atoms with Crippen LogP contribution in [0.1, 0.15) is 30.9 Å². The molecule has 2 fully saturated rings. The molecule has 1 amide bonds. The van der Waals surface area contributed by atoms with Crippen molar-refractivity contribution >= 4 is 5.91 Å². The van der Waals surface area contributed by atoms with E-state index in [4.69, 9.17) is 14.2 Å². The minimum atomic E-state index is 0.239. The molecule has 6 nitrogen and oxygen atoms in total. The zero-order valence-electron chi connectivity index (χ0n) is 14.6. The lowest BCUT2D eigenvalue weighted by Gasteiger charge is -2.30. The molecule has 6 heteroatoms. The van der Waals surface area contributed by atoms with Gasteiger partial charge in [-0.2, -0.15) is 0 Å². The summed E-state index contributed by atoms with van der Waals surface area (Å²) in [7, 11) is 0. The van der Waals surface area contributed by atoms with Gasteiger partial charge in [0.15, 0.2) is 11.5 Å². The molecule has 3 aliphatic heterocycles. The fourth-order valence-corrected chi connectivity index (χ4v) is 4.01. The fraction of sp³-hybridized carbons (Fsp3) is 0.632. The lowest BCUT2D eigenvalue weighted by Crippen LogP contribution is -2.42. The van der Waals surface area contributed by atoms with Crippen molar-refractivity contribution in [1.82, 2.24) is 9.80 Å². The third kappa shape index (κ3) is 3.60. The van der Waals surface area contributed by atoms with Crippen LogP contribution in [0.4, 0.5) is 0 Å². The van der Waals surface area contributed by atoms with Gasteiger partial charge in [-0.05, 0) is 25.5 Å². The van der Waals surface area contributed by atoms with Gasteiger partial charge in [-0.25, -0.2) is 0 Å². The summed E-state index contributed by atoms with van der Waals surface area (Å²) in [5.41, 5.74) is 1.20. The second kappa shape index (κ2) is 7.62. The summed E-state index contributed by atoms with van der Waals surface area (Å²) in [5.74, 6) is 1.98. The minimum Gasteiger partial charge on any atom is -0.486 e. The number of fused-ring (bicyclic) bond motifs is 1. The molecule has 0 unspecified atom stereocenters. The Kier molecular flexibility index (Phi) is 5.08. The van der Waals surface area contributed by atoms with Crippen molar-refractivity contribution < 1.29 is 19.0 Å². The molecule has 3 aliphatic rings. The second-order valence-corrected chi connectivity index (χ2v) is 6.81. The Bertz CT molecular complexity index is 615. The van der Waals surface area contributed by atoms with E-state index >= 15 is 0 Å². The van der Waals surface area contributed by atoms with Crippen LogP contribution in [0.5, 0.6) is 11.5 Å². The Hall–Kier alpha value is -1.79. The Labute approximate surface area is 148 Å². The smallest absolute Gasteiger partial charge is 0.224 e. The summed E-state index contributed by atoms with van der Waals surface area (Å²) in [6, 6.07) is 6.46. The van der Waals surface area contributed by atoms with Gasteiger partial charge in [0.05, 0.1) is 13.2 Å². The molecule has 3 heterocycles. The van der Waals surface area contributed by atoms with E-state index in [9.17, 15) is 4.79 Å². The number of nitrogens with zero attached hydrogens (tertiary/aromatic N) is 2. The molecule has 0 radical (unpaired) electrons. The Balaban J connectivity index is 1.42. The van der Waals surface area contributed by atoms with Crippen LogP contribution < -0.4 is 9.47 Å². The first-order chi connectivity index (χ1) is 12.3. The predicted molar refractivity (Wildman–Crippen MR) is 93.0 cm³/mol. The maximum atomic E-state index is 12.4. The maximum absolute atomic E-state index is 12.4. The molecule has 0 bridgehead atoms. The highest BCUT2D eigenvalue weighted by molar-refractivity contribution is 5.76. The molecule has 1 atom stereocenters. The van der Waals surface area contributed by atoms with Gasteiger partial charge >= 0.3 is 0 Å². The fourth-order valence-electron chi connectivity index (χ4n) is 4.01. The summed E-state index contributed by atoms with van der Waals surface area (Å²) >= 11 is 0. The Morgan fingerprint density at radius 3 is 2.80 bits per heavy atom. The number of benzene rings is 1. The highest BCUT2D eigenvalue weighted by Gasteiger charge is 2.31. The monoisotopic (exact) mass is 346 g/mol. The standard InChI is InChI=1S/C19H26N2O4/c22-18(21-9-11-23-12-10-21)6-8-20-7-2-4-16(20)15-3-1-5-17-19(15)25-14-13-24-17/h1,3,5,16H,2,4,6-14H2/t16-/m1/s1. The third-order valence-electron chi connectivity index (χ3n) is 5.30. The minimum absolute atomic E-state index is 0.239. The molecule has 136 valence electrons. The number of carbonyl (C=O) groups is 1. The van der Waals surface area contributed by atoms with Crippen LogP contribution in [-0.4, -0.2) is 68.3 Å². The van der Waals surface area contributed by atoms with E-state index in [2.05, 4.69) is 11.0 Å². The summed E-state index contributed by atoms with van der Waals surface area (Å²) < 4.78 is 16.9. The van der Waals surface area contributed by atoms with E-state index in [1.54, 1.807) is 0 Å². The van der Waals surface area contributed by atoms with Crippen molar-refractivity contribution in [3.63, 3.8) is 0 Å². The highest BCUT2D eigenvalue weighted by atomic mass is 16.6. The summed E-state index contributed by atoms with van der Waals surface area (Å²) in [6.45, 7) is 5.80. The number of amides is 1. The van der Waals surface area contributed by atoms with Crippen LogP contribution in [0.3, 0.4) is 0 Å². The zero-order chi connectivity index (χ0) is 17.1. The van der Waals surface area contributed by atoms with Crippen LogP contribution in [0.25, 0.3) is 0 Å². The van der Waals surface area contributed by atoms with E-state index in [0.29, 0.717) is 38.9 Å².